The molecule has 3 nitrogen and oxygen atoms in total. The third-order valence-corrected chi connectivity index (χ3v) is 1.92. The smallest absolute Gasteiger partial charge is 0.232 e. The van der Waals surface area contributed by atoms with Gasteiger partial charge in [-0.25, -0.2) is 0 Å². The fourth-order valence-corrected chi connectivity index (χ4v) is 1.27. The first kappa shape index (κ1) is 7.88. The zero-order valence-corrected chi connectivity index (χ0v) is 6.55. The van der Waals surface area contributed by atoms with E-state index in [1.165, 1.54) is 0 Å². The van der Waals surface area contributed by atoms with E-state index in [-0.39, 0.29) is 17.8 Å². The van der Waals surface area contributed by atoms with Gasteiger partial charge in [0, 0.05) is 13.1 Å². The summed E-state index contributed by atoms with van der Waals surface area (Å²) in [7, 11) is 0. The molecule has 10 heavy (non-hydrogen) atoms. The predicted octanol–water partition coefficient (Wildman–Crippen LogP) is -0.491. The fraction of sp³-hybridized carbons (Fsp3) is 0.833. The van der Waals surface area contributed by atoms with Crippen molar-refractivity contribution in [3.63, 3.8) is 0 Å². The highest BCUT2D eigenvalue weighted by atomic mass is 32.1. The van der Waals surface area contributed by atoms with Gasteiger partial charge in [-0.05, 0) is 6.42 Å². The summed E-state index contributed by atoms with van der Waals surface area (Å²) >= 11 is 3.85. The first-order valence-electron chi connectivity index (χ1n) is 3.30. The van der Waals surface area contributed by atoms with Crippen LogP contribution in [0.1, 0.15) is 6.42 Å². The molecule has 1 aliphatic rings. The number of rotatable bonds is 1. The average Bonchev–Trinajstić information content (AvgIpc) is 2.34. The number of aliphatic hydroxyl groups is 1. The summed E-state index contributed by atoms with van der Waals surface area (Å²) in [5.74, 6) is 0.257. The molecule has 0 aromatic heterocycles. The Labute approximate surface area is 65.4 Å². The van der Waals surface area contributed by atoms with Gasteiger partial charge in [-0.2, -0.15) is 12.6 Å². The molecule has 0 radical (unpaired) electrons. The van der Waals surface area contributed by atoms with Crippen molar-refractivity contribution in [2.45, 2.75) is 12.5 Å². The van der Waals surface area contributed by atoms with E-state index < -0.39 is 0 Å². The molecule has 0 aromatic rings. The Morgan fingerprint density at radius 1 is 1.80 bits per heavy atom. The number of amides is 1. The average molecular weight is 161 g/mol. The van der Waals surface area contributed by atoms with E-state index in [0.717, 1.165) is 0 Å². The minimum absolute atomic E-state index is 0.0138. The van der Waals surface area contributed by atoms with E-state index in [2.05, 4.69) is 12.6 Å². The van der Waals surface area contributed by atoms with E-state index in [4.69, 9.17) is 5.11 Å². The Kier molecular flexibility index (Phi) is 2.56. The number of carbonyl (C=O) groups is 1. The van der Waals surface area contributed by atoms with Gasteiger partial charge < -0.3 is 10.0 Å². The molecule has 0 saturated carbocycles. The Morgan fingerprint density at radius 2 is 2.50 bits per heavy atom. The summed E-state index contributed by atoms with van der Waals surface area (Å²) in [6.45, 7) is 1.17. The molecule has 1 fully saturated rings. The van der Waals surface area contributed by atoms with Crippen LogP contribution in [0, 0.1) is 0 Å². The minimum Gasteiger partial charge on any atom is -0.391 e. The third kappa shape index (κ3) is 1.64. The number of hydrogen-bond donors (Lipinski definition) is 2. The van der Waals surface area contributed by atoms with Crippen LogP contribution in [0.15, 0.2) is 0 Å². The molecule has 58 valence electrons. The maximum atomic E-state index is 10.9. The van der Waals surface area contributed by atoms with Crippen LogP contribution in [0.4, 0.5) is 0 Å². The van der Waals surface area contributed by atoms with Gasteiger partial charge in [0.15, 0.2) is 0 Å². The second kappa shape index (κ2) is 3.25. The SMILES string of the molecule is O=C(CS)N1CC[C@@H](O)C1. The molecule has 1 N–H and O–H groups in total. The molecule has 0 aromatic carbocycles. The highest BCUT2D eigenvalue weighted by Crippen LogP contribution is 2.08. The molecule has 1 saturated heterocycles. The van der Waals surface area contributed by atoms with Crippen molar-refractivity contribution in [3.8, 4) is 0 Å². The number of hydrogen-bond acceptors (Lipinski definition) is 3. The highest BCUT2D eigenvalue weighted by Gasteiger charge is 2.22. The van der Waals surface area contributed by atoms with Gasteiger partial charge in [0.05, 0.1) is 11.9 Å². The molecule has 1 atom stereocenters. The van der Waals surface area contributed by atoms with Gasteiger partial charge in [-0.1, -0.05) is 0 Å². The maximum Gasteiger partial charge on any atom is 0.232 e. The van der Waals surface area contributed by atoms with Crippen LogP contribution >= 0.6 is 12.6 Å². The minimum atomic E-state index is -0.316. The molecule has 0 aliphatic carbocycles. The Morgan fingerprint density at radius 3 is 2.90 bits per heavy atom. The summed E-state index contributed by atoms with van der Waals surface area (Å²) in [6.07, 6.45) is 0.392. The number of aliphatic hydroxyl groups excluding tert-OH is 1. The van der Waals surface area contributed by atoms with Crippen molar-refractivity contribution >= 4 is 18.5 Å². The number of carbonyl (C=O) groups excluding carboxylic acids is 1. The van der Waals surface area contributed by atoms with Gasteiger partial charge in [0.2, 0.25) is 5.91 Å². The molecule has 1 aliphatic heterocycles. The first-order chi connectivity index (χ1) is 4.74. The molecule has 1 amide bonds. The van der Waals surface area contributed by atoms with Crippen LogP contribution in [-0.2, 0) is 4.79 Å². The van der Waals surface area contributed by atoms with Crippen molar-refractivity contribution < 1.29 is 9.90 Å². The largest absolute Gasteiger partial charge is 0.391 e. The monoisotopic (exact) mass is 161 g/mol. The lowest BCUT2D eigenvalue weighted by molar-refractivity contribution is -0.127. The Bertz CT molecular complexity index is 140. The van der Waals surface area contributed by atoms with Crippen molar-refractivity contribution in [2.75, 3.05) is 18.8 Å². The number of nitrogens with zero attached hydrogens (tertiary/aromatic N) is 1. The second-order valence-electron chi connectivity index (χ2n) is 2.44. The van der Waals surface area contributed by atoms with Crippen LogP contribution < -0.4 is 0 Å². The van der Waals surface area contributed by atoms with Gasteiger partial charge in [0.25, 0.3) is 0 Å². The summed E-state index contributed by atoms with van der Waals surface area (Å²) in [6, 6.07) is 0. The summed E-state index contributed by atoms with van der Waals surface area (Å²) < 4.78 is 0. The van der Waals surface area contributed by atoms with Crippen molar-refractivity contribution in [1.82, 2.24) is 4.90 Å². The number of likely N-dealkylation sites (tertiary alicyclic amines) is 1. The zero-order valence-electron chi connectivity index (χ0n) is 5.66. The van der Waals surface area contributed by atoms with Crippen molar-refractivity contribution in [1.29, 1.82) is 0 Å². The standard InChI is InChI=1S/C6H11NO2S/c8-5-1-2-7(3-5)6(9)4-10/h5,8,10H,1-4H2/t5-/m1/s1. The summed E-state index contributed by atoms with van der Waals surface area (Å²) in [5.41, 5.74) is 0. The number of β-amino-alcohol motifs (C(OH)–C–C–N with tert-alkyl or cyclic N) is 1. The Hall–Kier alpha value is -0.220. The van der Waals surface area contributed by atoms with E-state index in [1.807, 2.05) is 0 Å². The van der Waals surface area contributed by atoms with Crippen LogP contribution in [-0.4, -0.2) is 40.9 Å². The van der Waals surface area contributed by atoms with Crippen molar-refractivity contribution in [2.24, 2.45) is 0 Å². The van der Waals surface area contributed by atoms with Crippen molar-refractivity contribution in [3.05, 3.63) is 0 Å². The fourth-order valence-electron chi connectivity index (χ4n) is 1.07. The van der Waals surface area contributed by atoms with Crippen LogP contribution in [0.25, 0.3) is 0 Å². The lowest BCUT2D eigenvalue weighted by Crippen LogP contribution is -2.30. The molecule has 4 heteroatoms. The van der Waals surface area contributed by atoms with Crippen LogP contribution in [0.2, 0.25) is 0 Å². The van der Waals surface area contributed by atoms with Crippen LogP contribution in [0.3, 0.4) is 0 Å². The normalized spacial score (nSPS) is 25.4. The second-order valence-corrected chi connectivity index (χ2v) is 2.76. The molecular weight excluding hydrogens is 150 g/mol. The Balaban J connectivity index is 2.37. The molecular formula is C6H11NO2S. The molecule has 0 bridgehead atoms. The van der Waals surface area contributed by atoms with E-state index >= 15 is 0 Å². The summed E-state index contributed by atoms with van der Waals surface area (Å²) in [5, 5.41) is 9.03. The zero-order chi connectivity index (χ0) is 7.56. The summed E-state index contributed by atoms with van der Waals surface area (Å²) in [4.78, 5) is 12.5. The van der Waals surface area contributed by atoms with Gasteiger partial charge in [0.1, 0.15) is 0 Å². The number of thiol groups is 1. The van der Waals surface area contributed by atoms with Gasteiger partial charge >= 0.3 is 0 Å². The topological polar surface area (TPSA) is 40.5 Å². The first-order valence-corrected chi connectivity index (χ1v) is 3.94. The predicted molar refractivity (Wildman–Crippen MR) is 41.1 cm³/mol. The molecule has 1 heterocycles. The van der Waals surface area contributed by atoms with E-state index in [0.29, 0.717) is 19.5 Å². The molecule has 1 rings (SSSR count). The van der Waals surface area contributed by atoms with E-state index in [9.17, 15) is 4.79 Å². The third-order valence-electron chi connectivity index (χ3n) is 1.65. The molecule has 0 spiro atoms. The highest BCUT2D eigenvalue weighted by molar-refractivity contribution is 7.81. The van der Waals surface area contributed by atoms with Crippen LogP contribution in [0.5, 0.6) is 0 Å². The quantitative estimate of drug-likeness (QED) is 0.509. The van der Waals surface area contributed by atoms with Gasteiger partial charge in [-0.15, -0.1) is 0 Å². The lowest BCUT2D eigenvalue weighted by atomic mass is 10.3. The maximum absolute atomic E-state index is 10.9. The van der Waals surface area contributed by atoms with Gasteiger partial charge in [-0.3, -0.25) is 4.79 Å². The lowest BCUT2D eigenvalue weighted by Gasteiger charge is -2.12. The molecule has 0 unspecified atom stereocenters. The van der Waals surface area contributed by atoms with E-state index in [1.54, 1.807) is 4.90 Å².